The SMILES string of the molecule is O=C1[C@H](Sc2nnc(Cn3cncn3)o2)CCN1c1ccccc1. The van der Waals surface area contributed by atoms with Crippen LogP contribution in [0.4, 0.5) is 5.69 Å². The number of carbonyl (C=O) groups is 1. The summed E-state index contributed by atoms with van der Waals surface area (Å²) in [6.45, 7) is 1.06. The van der Waals surface area contributed by atoms with Crippen molar-refractivity contribution in [3.05, 3.63) is 48.9 Å². The van der Waals surface area contributed by atoms with Gasteiger partial charge in [0.2, 0.25) is 11.8 Å². The largest absolute Gasteiger partial charge is 0.414 e. The first-order valence-corrected chi connectivity index (χ1v) is 8.35. The fourth-order valence-electron chi connectivity index (χ4n) is 2.55. The van der Waals surface area contributed by atoms with Crippen LogP contribution in [0.25, 0.3) is 0 Å². The molecular formula is C15H14N6O2S. The van der Waals surface area contributed by atoms with Crippen LogP contribution in [0.15, 0.2) is 52.6 Å². The first kappa shape index (κ1) is 14.9. The van der Waals surface area contributed by atoms with Crippen LogP contribution in [-0.4, -0.2) is 42.7 Å². The molecule has 1 saturated heterocycles. The molecule has 0 aliphatic carbocycles. The van der Waals surface area contributed by atoms with Crippen LogP contribution >= 0.6 is 11.8 Å². The standard InChI is InChI=1S/C15H14N6O2S/c22-14-12(6-7-21(14)11-4-2-1-3-5-11)24-15-19-18-13(23-15)8-20-10-16-9-17-20/h1-5,9-10,12H,6-8H2/t12-/m1/s1. The Morgan fingerprint density at radius 1 is 1.25 bits per heavy atom. The van der Waals surface area contributed by atoms with E-state index in [4.69, 9.17) is 4.42 Å². The van der Waals surface area contributed by atoms with Gasteiger partial charge in [0.15, 0.2) is 0 Å². The summed E-state index contributed by atoms with van der Waals surface area (Å²) in [5.74, 6) is 0.510. The Balaban J connectivity index is 1.41. The molecule has 1 aromatic carbocycles. The molecule has 1 aliphatic rings. The lowest BCUT2D eigenvalue weighted by Gasteiger charge is -2.15. The van der Waals surface area contributed by atoms with Gasteiger partial charge in [-0.2, -0.15) is 5.10 Å². The van der Waals surface area contributed by atoms with E-state index in [0.29, 0.717) is 24.2 Å². The molecule has 1 aliphatic heterocycles. The van der Waals surface area contributed by atoms with Crippen molar-refractivity contribution in [3.63, 3.8) is 0 Å². The van der Waals surface area contributed by atoms with Gasteiger partial charge in [-0.1, -0.05) is 30.0 Å². The van der Waals surface area contributed by atoms with Gasteiger partial charge in [0.05, 0.1) is 5.25 Å². The third kappa shape index (κ3) is 3.02. The van der Waals surface area contributed by atoms with E-state index < -0.39 is 0 Å². The minimum atomic E-state index is -0.204. The van der Waals surface area contributed by atoms with Crippen LogP contribution in [0, 0.1) is 0 Å². The number of benzene rings is 1. The lowest BCUT2D eigenvalue weighted by Crippen LogP contribution is -2.27. The fraction of sp³-hybridized carbons (Fsp3) is 0.267. The number of hydrogen-bond donors (Lipinski definition) is 0. The third-order valence-corrected chi connectivity index (χ3v) is 4.77. The number of hydrogen-bond acceptors (Lipinski definition) is 7. The molecule has 3 aromatic rings. The molecule has 1 fully saturated rings. The van der Waals surface area contributed by atoms with Gasteiger partial charge in [0.1, 0.15) is 19.2 Å². The predicted molar refractivity (Wildman–Crippen MR) is 86.5 cm³/mol. The highest BCUT2D eigenvalue weighted by molar-refractivity contribution is 8.00. The maximum Gasteiger partial charge on any atom is 0.277 e. The van der Waals surface area contributed by atoms with E-state index in [1.54, 1.807) is 15.9 Å². The Morgan fingerprint density at radius 3 is 2.92 bits per heavy atom. The molecule has 1 amide bonds. The van der Waals surface area contributed by atoms with Crippen LogP contribution < -0.4 is 4.90 Å². The predicted octanol–water partition coefficient (Wildman–Crippen LogP) is 1.61. The number of anilines is 1. The van der Waals surface area contributed by atoms with E-state index in [9.17, 15) is 4.79 Å². The summed E-state index contributed by atoms with van der Waals surface area (Å²) in [4.78, 5) is 18.2. The van der Waals surface area contributed by atoms with Gasteiger partial charge in [-0.15, -0.1) is 10.2 Å². The molecule has 0 N–H and O–H groups in total. The van der Waals surface area contributed by atoms with Crippen molar-refractivity contribution in [2.75, 3.05) is 11.4 Å². The number of aromatic nitrogens is 5. The van der Waals surface area contributed by atoms with E-state index >= 15 is 0 Å². The van der Waals surface area contributed by atoms with Crippen LogP contribution in [0.1, 0.15) is 12.3 Å². The van der Waals surface area contributed by atoms with Crippen molar-refractivity contribution in [3.8, 4) is 0 Å². The molecule has 3 heterocycles. The summed E-state index contributed by atoms with van der Waals surface area (Å²) in [5.41, 5.74) is 0.919. The highest BCUT2D eigenvalue weighted by atomic mass is 32.2. The molecule has 1 atom stereocenters. The minimum absolute atomic E-state index is 0.0715. The molecule has 122 valence electrons. The summed E-state index contributed by atoms with van der Waals surface area (Å²) >= 11 is 1.31. The molecule has 0 spiro atoms. The average molecular weight is 342 g/mol. The second-order valence-electron chi connectivity index (χ2n) is 5.28. The van der Waals surface area contributed by atoms with Crippen molar-refractivity contribution < 1.29 is 9.21 Å². The zero-order chi connectivity index (χ0) is 16.4. The minimum Gasteiger partial charge on any atom is -0.414 e. The molecular weight excluding hydrogens is 328 g/mol. The number of thioether (sulfide) groups is 1. The topological polar surface area (TPSA) is 89.9 Å². The van der Waals surface area contributed by atoms with Crippen molar-refractivity contribution in [2.45, 2.75) is 23.4 Å². The van der Waals surface area contributed by atoms with Crippen LogP contribution in [-0.2, 0) is 11.3 Å². The zero-order valence-corrected chi connectivity index (χ0v) is 13.5. The normalized spacial score (nSPS) is 17.6. The van der Waals surface area contributed by atoms with Crippen molar-refractivity contribution >= 4 is 23.4 Å². The van der Waals surface area contributed by atoms with Gasteiger partial charge in [-0.25, -0.2) is 9.67 Å². The summed E-state index contributed by atoms with van der Waals surface area (Å²) in [7, 11) is 0. The maximum atomic E-state index is 12.6. The van der Waals surface area contributed by atoms with Gasteiger partial charge in [0.25, 0.3) is 5.22 Å². The van der Waals surface area contributed by atoms with E-state index in [0.717, 1.165) is 12.1 Å². The Hall–Kier alpha value is -2.68. The first-order valence-electron chi connectivity index (χ1n) is 7.47. The summed E-state index contributed by atoms with van der Waals surface area (Å²) in [5, 5.41) is 12.2. The molecule has 0 unspecified atom stereocenters. The van der Waals surface area contributed by atoms with Gasteiger partial charge in [-0.3, -0.25) is 4.79 Å². The van der Waals surface area contributed by atoms with Crippen LogP contribution in [0.3, 0.4) is 0 Å². The molecule has 4 rings (SSSR count). The maximum absolute atomic E-state index is 12.6. The van der Waals surface area contributed by atoms with Crippen molar-refractivity contribution in [2.24, 2.45) is 0 Å². The molecule has 9 heteroatoms. The number of rotatable bonds is 5. The Labute approximate surface area is 141 Å². The van der Waals surface area contributed by atoms with E-state index in [-0.39, 0.29) is 11.2 Å². The summed E-state index contributed by atoms with van der Waals surface area (Å²) < 4.78 is 7.19. The average Bonchev–Trinajstić information content (AvgIpc) is 3.33. The zero-order valence-electron chi connectivity index (χ0n) is 12.6. The van der Waals surface area contributed by atoms with Gasteiger partial charge < -0.3 is 9.32 Å². The van der Waals surface area contributed by atoms with E-state index in [2.05, 4.69) is 20.3 Å². The molecule has 0 saturated carbocycles. The van der Waals surface area contributed by atoms with Gasteiger partial charge in [0, 0.05) is 12.2 Å². The van der Waals surface area contributed by atoms with Gasteiger partial charge in [-0.05, 0) is 18.6 Å². The highest BCUT2D eigenvalue weighted by Gasteiger charge is 2.34. The number of carbonyl (C=O) groups excluding carboxylic acids is 1. The van der Waals surface area contributed by atoms with Gasteiger partial charge >= 0.3 is 0 Å². The van der Waals surface area contributed by atoms with Crippen LogP contribution in [0.2, 0.25) is 0 Å². The van der Waals surface area contributed by atoms with E-state index in [1.165, 1.54) is 18.1 Å². The van der Waals surface area contributed by atoms with Crippen molar-refractivity contribution in [1.29, 1.82) is 0 Å². The number of para-hydroxylation sites is 1. The Kier molecular flexibility index (Phi) is 3.99. The molecule has 0 radical (unpaired) electrons. The number of nitrogens with zero attached hydrogens (tertiary/aromatic N) is 6. The monoisotopic (exact) mass is 342 g/mol. The molecule has 0 bridgehead atoms. The molecule has 8 nitrogen and oxygen atoms in total. The molecule has 2 aromatic heterocycles. The smallest absolute Gasteiger partial charge is 0.277 e. The third-order valence-electron chi connectivity index (χ3n) is 3.68. The fourth-order valence-corrected chi connectivity index (χ4v) is 3.48. The lowest BCUT2D eigenvalue weighted by atomic mass is 10.3. The molecule has 24 heavy (non-hydrogen) atoms. The lowest BCUT2D eigenvalue weighted by molar-refractivity contribution is -0.116. The van der Waals surface area contributed by atoms with E-state index in [1.807, 2.05) is 30.3 Å². The van der Waals surface area contributed by atoms with Crippen molar-refractivity contribution in [1.82, 2.24) is 25.0 Å². The number of amides is 1. The van der Waals surface area contributed by atoms with Crippen LogP contribution in [0.5, 0.6) is 0 Å². The Morgan fingerprint density at radius 2 is 2.12 bits per heavy atom. The summed E-state index contributed by atoms with van der Waals surface area (Å²) in [6.07, 6.45) is 3.77. The quantitative estimate of drug-likeness (QED) is 0.696. The summed E-state index contributed by atoms with van der Waals surface area (Å²) in [6, 6.07) is 9.67. The highest BCUT2D eigenvalue weighted by Crippen LogP contribution is 2.32. The second kappa shape index (κ2) is 6.44. The first-order chi connectivity index (χ1) is 11.8. The Bertz CT molecular complexity index is 820. The second-order valence-corrected chi connectivity index (χ2v) is 6.43.